The standard InChI is InChI=1S/C12H14BrNO/c1-8-7-14-11(6-12(8)15)9-2-4-10(13)5-3-9/h2-5,8,11,14H,6-7H2,1H3. The van der Waals surface area contributed by atoms with E-state index in [4.69, 9.17) is 0 Å². The molecule has 0 radical (unpaired) electrons. The van der Waals surface area contributed by atoms with Gasteiger partial charge in [0, 0.05) is 29.4 Å². The first-order chi connectivity index (χ1) is 7.16. The summed E-state index contributed by atoms with van der Waals surface area (Å²) in [6.07, 6.45) is 0.614. The Kier molecular flexibility index (Phi) is 3.22. The maximum atomic E-state index is 11.6. The minimum atomic E-state index is 0.164. The number of carbonyl (C=O) groups is 1. The molecule has 2 atom stereocenters. The van der Waals surface area contributed by atoms with E-state index in [0.717, 1.165) is 11.0 Å². The van der Waals surface area contributed by atoms with Crippen LogP contribution >= 0.6 is 15.9 Å². The number of halogens is 1. The van der Waals surface area contributed by atoms with Gasteiger partial charge in [-0.1, -0.05) is 35.0 Å². The molecule has 2 rings (SSSR count). The van der Waals surface area contributed by atoms with Gasteiger partial charge in [-0.05, 0) is 17.7 Å². The van der Waals surface area contributed by atoms with Crippen LogP contribution < -0.4 is 5.32 Å². The largest absolute Gasteiger partial charge is 0.309 e. The van der Waals surface area contributed by atoms with Gasteiger partial charge in [0.15, 0.2) is 0 Å². The lowest BCUT2D eigenvalue weighted by Gasteiger charge is -2.27. The number of rotatable bonds is 1. The third kappa shape index (κ3) is 2.47. The average Bonchev–Trinajstić information content (AvgIpc) is 2.23. The van der Waals surface area contributed by atoms with Crippen molar-refractivity contribution in [3.63, 3.8) is 0 Å². The molecule has 1 aromatic rings. The Morgan fingerprint density at radius 3 is 2.60 bits per heavy atom. The molecule has 1 saturated heterocycles. The lowest BCUT2D eigenvalue weighted by Crippen LogP contribution is -2.37. The molecule has 0 spiro atoms. The molecule has 1 heterocycles. The molecule has 2 unspecified atom stereocenters. The number of hydrogen-bond donors (Lipinski definition) is 1. The minimum Gasteiger partial charge on any atom is -0.309 e. The molecule has 1 N–H and O–H groups in total. The monoisotopic (exact) mass is 267 g/mol. The van der Waals surface area contributed by atoms with Crippen LogP contribution in [0.1, 0.15) is 24.9 Å². The van der Waals surface area contributed by atoms with Crippen LogP contribution in [0.25, 0.3) is 0 Å². The predicted molar refractivity (Wildman–Crippen MR) is 63.7 cm³/mol. The van der Waals surface area contributed by atoms with E-state index in [1.54, 1.807) is 0 Å². The molecule has 15 heavy (non-hydrogen) atoms. The van der Waals surface area contributed by atoms with Gasteiger partial charge in [-0.3, -0.25) is 4.79 Å². The van der Waals surface area contributed by atoms with Crippen molar-refractivity contribution in [3.05, 3.63) is 34.3 Å². The lowest BCUT2D eigenvalue weighted by atomic mass is 9.91. The summed E-state index contributed by atoms with van der Waals surface area (Å²) in [5.74, 6) is 0.526. The van der Waals surface area contributed by atoms with E-state index in [1.165, 1.54) is 5.56 Å². The van der Waals surface area contributed by atoms with E-state index < -0.39 is 0 Å². The normalized spacial score (nSPS) is 26.7. The Labute approximate surface area is 98.2 Å². The van der Waals surface area contributed by atoms with E-state index >= 15 is 0 Å². The number of carbonyl (C=O) groups excluding carboxylic acids is 1. The highest BCUT2D eigenvalue weighted by molar-refractivity contribution is 9.10. The van der Waals surface area contributed by atoms with Gasteiger partial charge in [0.25, 0.3) is 0 Å². The topological polar surface area (TPSA) is 29.1 Å². The smallest absolute Gasteiger partial charge is 0.138 e. The van der Waals surface area contributed by atoms with Crippen LogP contribution in [0.3, 0.4) is 0 Å². The second-order valence-electron chi connectivity index (χ2n) is 4.08. The predicted octanol–water partition coefficient (Wildman–Crippen LogP) is 2.69. The van der Waals surface area contributed by atoms with Crippen molar-refractivity contribution in [3.8, 4) is 0 Å². The molecule has 3 heteroatoms. The maximum absolute atomic E-state index is 11.6. The zero-order chi connectivity index (χ0) is 10.8. The fourth-order valence-corrected chi connectivity index (χ4v) is 2.10. The Morgan fingerprint density at radius 2 is 2.00 bits per heavy atom. The maximum Gasteiger partial charge on any atom is 0.138 e. The number of benzene rings is 1. The van der Waals surface area contributed by atoms with Gasteiger partial charge in [-0.2, -0.15) is 0 Å². The van der Waals surface area contributed by atoms with Crippen molar-refractivity contribution in [2.45, 2.75) is 19.4 Å². The molecule has 1 fully saturated rings. The molecule has 2 nitrogen and oxygen atoms in total. The fraction of sp³-hybridized carbons (Fsp3) is 0.417. The third-order valence-electron chi connectivity index (χ3n) is 2.90. The molecule has 0 amide bonds. The van der Waals surface area contributed by atoms with Crippen molar-refractivity contribution in [2.75, 3.05) is 6.54 Å². The molecule has 0 bridgehead atoms. The summed E-state index contributed by atoms with van der Waals surface area (Å²) in [7, 11) is 0. The summed E-state index contributed by atoms with van der Waals surface area (Å²) in [5, 5.41) is 3.40. The van der Waals surface area contributed by atoms with Gasteiger partial charge in [-0.15, -0.1) is 0 Å². The third-order valence-corrected chi connectivity index (χ3v) is 3.43. The van der Waals surface area contributed by atoms with Gasteiger partial charge in [0.1, 0.15) is 5.78 Å². The summed E-state index contributed by atoms with van der Waals surface area (Å²) in [6.45, 7) is 2.77. The molecular weight excluding hydrogens is 254 g/mol. The molecule has 1 aliphatic heterocycles. The molecule has 0 aliphatic carbocycles. The number of hydrogen-bond acceptors (Lipinski definition) is 2. The first-order valence-electron chi connectivity index (χ1n) is 5.18. The zero-order valence-electron chi connectivity index (χ0n) is 8.66. The van der Waals surface area contributed by atoms with E-state index in [9.17, 15) is 4.79 Å². The number of nitrogens with one attached hydrogen (secondary N) is 1. The summed E-state index contributed by atoms with van der Waals surface area (Å²) in [4.78, 5) is 11.6. The minimum absolute atomic E-state index is 0.164. The summed E-state index contributed by atoms with van der Waals surface area (Å²) < 4.78 is 1.07. The summed E-state index contributed by atoms with van der Waals surface area (Å²) in [5.41, 5.74) is 1.19. The summed E-state index contributed by atoms with van der Waals surface area (Å²) in [6, 6.07) is 8.34. The molecule has 80 valence electrons. The second-order valence-corrected chi connectivity index (χ2v) is 5.00. The van der Waals surface area contributed by atoms with Gasteiger partial charge in [-0.25, -0.2) is 0 Å². The second kappa shape index (κ2) is 4.45. The van der Waals surface area contributed by atoms with Crippen molar-refractivity contribution in [2.24, 2.45) is 5.92 Å². The highest BCUT2D eigenvalue weighted by Crippen LogP contribution is 2.24. The van der Waals surface area contributed by atoms with Crippen molar-refractivity contribution in [1.82, 2.24) is 5.32 Å². The van der Waals surface area contributed by atoms with E-state index in [-0.39, 0.29) is 12.0 Å². The molecular formula is C12H14BrNO. The van der Waals surface area contributed by atoms with Crippen molar-refractivity contribution >= 4 is 21.7 Å². The molecule has 1 aliphatic rings. The fourth-order valence-electron chi connectivity index (χ4n) is 1.84. The first kappa shape index (κ1) is 10.8. The first-order valence-corrected chi connectivity index (χ1v) is 5.97. The average molecular weight is 268 g/mol. The van der Waals surface area contributed by atoms with Crippen LogP contribution in [0.5, 0.6) is 0 Å². The highest BCUT2D eigenvalue weighted by Gasteiger charge is 2.25. The van der Waals surface area contributed by atoms with Crippen LogP contribution in [-0.2, 0) is 4.79 Å². The van der Waals surface area contributed by atoms with Crippen LogP contribution in [-0.4, -0.2) is 12.3 Å². The lowest BCUT2D eigenvalue weighted by molar-refractivity contribution is -0.124. The van der Waals surface area contributed by atoms with Crippen LogP contribution in [0.4, 0.5) is 0 Å². The van der Waals surface area contributed by atoms with Crippen LogP contribution in [0.2, 0.25) is 0 Å². The molecule has 0 saturated carbocycles. The van der Waals surface area contributed by atoms with Crippen molar-refractivity contribution < 1.29 is 4.79 Å². The molecule has 0 aromatic heterocycles. The van der Waals surface area contributed by atoms with E-state index in [2.05, 4.69) is 33.4 Å². The van der Waals surface area contributed by atoms with Gasteiger partial charge >= 0.3 is 0 Å². The number of piperidine rings is 1. The quantitative estimate of drug-likeness (QED) is 0.848. The summed E-state index contributed by atoms with van der Waals surface area (Å²) >= 11 is 3.40. The highest BCUT2D eigenvalue weighted by atomic mass is 79.9. The number of ketones is 1. The SMILES string of the molecule is CC1CNC(c2ccc(Br)cc2)CC1=O. The van der Waals surface area contributed by atoms with Crippen LogP contribution in [0.15, 0.2) is 28.7 Å². The zero-order valence-corrected chi connectivity index (χ0v) is 10.3. The van der Waals surface area contributed by atoms with E-state index in [0.29, 0.717) is 12.2 Å². The van der Waals surface area contributed by atoms with Gasteiger partial charge in [0.2, 0.25) is 0 Å². The van der Waals surface area contributed by atoms with Crippen LogP contribution in [0, 0.1) is 5.92 Å². The Morgan fingerprint density at radius 1 is 1.33 bits per heavy atom. The number of Topliss-reactive ketones (excluding diaryl/α,β-unsaturated/α-hetero) is 1. The van der Waals surface area contributed by atoms with Gasteiger partial charge in [0.05, 0.1) is 0 Å². The Balaban J connectivity index is 2.12. The van der Waals surface area contributed by atoms with Gasteiger partial charge < -0.3 is 5.32 Å². The Hall–Kier alpha value is -0.670. The van der Waals surface area contributed by atoms with E-state index in [1.807, 2.05) is 19.1 Å². The Bertz CT molecular complexity index is 360. The molecule has 1 aromatic carbocycles. The van der Waals surface area contributed by atoms with Crippen molar-refractivity contribution in [1.29, 1.82) is 0 Å².